The van der Waals surface area contributed by atoms with Gasteiger partial charge in [0, 0.05) is 18.9 Å². The molecule has 104 valence electrons. The molecule has 0 radical (unpaired) electrons. The minimum atomic E-state index is 0.319. The maximum Gasteiger partial charge on any atom is 0.137 e. The SMILES string of the molecule is CCC1CCN(CC2C(=O)CC(C)CC2C)CC1. The summed E-state index contributed by atoms with van der Waals surface area (Å²) in [5, 5.41) is 0. The van der Waals surface area contributed by atoms with Crippen molar-refractivity contribution in [2.45, 2.75) is 52.9 Å². The minimum absolute atomic E-state index is 0.319. The number of hydrogen-bond acceptors (Lipinski definition) is 2. The van der Waals surface area contributed by atoms with Crippen molar-refractivity contribution in [1.29, 1.82) is 0 Å². The van der Waals surface area contributed by atoms with E-state index in [1.165, 1.54) is 38.8 Å². The Bertz CT molecular complexity index is 281. The summed E-state index contributed by atoms with van der Waals surface area (Å²) < 4.78 is 0. The third kappa shape index (κ3) is 3.34. The first-order chi connectivity index (χ1) is 8.60. The molecule has 0 aromatic carbocycles. The molecule has 1 aliphatic heterocycles. The summed E-state index contributed by atoms with van der Waals surface area (Å²) in [5.74, 6) is 2.97. The molecule has 3 unspecified atom stereocenters. The van der Waals surface area contributed by atoms with Crippen molar-refractivity contribution in [2.75, 3.05) is 19.6 Å². The van der Waals surface area contributed by atoms with Crippen LogP contribution in [0.15, 0.2) is 0 Å². The zero-order valence-corrected chi connectivity index (χ0v) is 12.3. The molecule has 18 heavy (non-hydrogen) atoms. The van der Waals surface area contributed by atoms with Crippen molar-refractivity contribution >= 4 is 5.78 Å². The first-order valence-electron chi connectivity index (χ1n) is 7.85. The molecular weight excluding hydrogens is 222 g/mol. The fourth-order valence-electron chi connectivity index (χ4n) is 3.83. The van der Waals surface area contributed by atoms with Gasteiger partial charge in [0.25, 0.3) is 0 Å². The molecule has 2 aliphatic rings. The lowest BCUT2D eigenvalue weighted by Crippen LogP contribution is -2.43. The number of rotatable bonds is 3. The van der Waals surface area contributed by atoms with Crippen molar-refractivity contribution in [3.05, 3.63) is 0 Å². The Labute approximate surface area is 112 Å². The molecule has 1 heterocycles. The number of carbonyl (C=O) groups excluding carboxylic acids is 1. The van der Waals surface area contributed by atoms with E-state index < -0.39 is 0 Å². The lowest BCUT2D eigenvalue weighted by atomic mass is 9.74. The Hall–Kier alpha value is -0.370. The Morgan fingerprint density at radius 1 is 1.22 bits per heavy atom. The van der Waals surface area contributed by atoms with Crippen LogP contribution in [0.25, 0.3) is 0 Å². The van der Waals surface area contributed by atoms with E-state index in [4.69, 9.17) is 0 Å². The van der Waals surface area contributed by atoms with Gasteiger partial charge in [0.1, 0.15) is 5.78 Å². The molecular formula is C16H29NO. The zero-order chi connectivity index (χ0) is 13.1. The maximum absolute atomic E-state index is 12.2. The second kappa shape index (κ2) is 6.18. The van der Waals surface area contributed by atoms with E-state index in [9.17, 15) is 4.79 Å². The third-order valence-electron chi connectivity index (χ3n) is 5.16. The Kier molecular flexibility index (Phi) is 4.83. The third-order valence-corrected chi connectivity index (χ3v) is 5.16. The van der Waals surface area contributed by atoms with E-state index in [0.717, 1.165) is 18.9 Å². The molecule has 2 fully saturated rings. The predicted octanol–water partition coefficient (Wildman–Crippen LogP) is 3.36. The van der Waals surface area contributed by atoms with Crippen LogP contribution in [-0.2, 0) is 4.79 Å². The van der Waals surface area contributed by atoms with Crippen molar-refractivity contribution in [1.82, 2.24) is 4.90 Å². The first kappa shape index (κ1) is 14.0. The van der Waals surface area contributed by atoms with Gasteiger partial charge in [-0.25, -0.2) is 0 Å². The van der Waals surface area contributed by atoms with Gasteiger partial charge < -0.3 is 4.90 Å². The number of hydrogen-bond donors (Lipinski definition) is 0. The van der Waals surface area contributed by atoms with Crippen LogP contribution in [0.3, 0.4) is 0 Å². The number of carbonyl (C=O) groups is 1. The van der Waals surface area contributed by atoms with Gasteiger partial charge in [-0.1, -0.05) is 27.2 Å². The van der Waals surface area contributed by atoms with Gasteiger partial charge >= 0.3 is 0 Å². The quantitative estimate of drug-likeness (QED) is 0.766. The van der Waals surface area contributed by atoms with Crippen LogP contribution in [0.5, 0.6) is 0 Å². The molecule has 0 spiro atoms. The summed E-state index contributed by atoms with van der Waals surface area (Å²) in [5.41, 5.74) is 0. The van der Waals surface area contributed by atoms with E-state index in [2.05, 4.69) is 25.7 Å². The van der Waals surface area contributed by atoms with Crippen LogP contribution in [0.1, 0.15) is 52.9 Å². The van der Waals surface area contributed by atoms with Crippen LogP contribution < -0.4 is 0 Å². The lowest BCUT2D eigenvalue weighted by Gasteiger charge is -2.38. The summed E-state index contributed by atoms with van der Waals surface area (Å²) >= 11 is 0. The fraction of sp³-hybridized carbons (Fsp3) is 0.938. The lowest BCUT2D eigenvalue weighted by molar-refractivity contribution is -0.128. The molecule has 2 nitrogen and oxygen atoms in total. The predicted molar refractivity (Wildman–Crippen MR) is 75.5 cm³/mol. The maximum atomic E-state index is 12.2. The molecule has 1 saturated carbocycles. The van der Waals surface area contributed by atoms with E-state index in [0.29, 0.717) is 23.5 Å². The van der Waals surface area contributed by atoms with E-state index in [1.807, 2.05) is 0 Å². The number of Topliss-reactive ketones (excluding diaryl/α,β-unsaturated/α-hetero) is 1. The van der Waals surface area contributed by atoms with Crippen molar-refractivity contribution < 1.29 is 4.79 Å². The van der Waals surface area contributed by atoms with Crippen LogP contribution in [-0.4, -0.2) is 30.3 Å². The molecule has 2 rings (SSSR count). The molecule has 0 N–H and O–H groups in total. The molecule has 1 saturated heterocycles. The smallest absolute Gasteiger partial charge is 0.137 e. The number of ketones is 1. The molecule has 3 atom stereocenters. The summed E-state index contributed by atoms with van der Waals surface area (Å²) in [6, 6.07) is 0. The highest BCUT2D eigenvalue weighted by Crippen LogP contribution is 2.32. The van der Waals surface area contributed by atoms with Crippen LogP contribution in [0.4, 0.5) is 0 Å². The van der Waals surface area contributed by atoms with Crippen molar-refractivity contribution in [3.8, 4) is 0 Å². The summed E-state index contributed by atoms with van der Waals surface area (Å²) in [4.78, 5) is 14.7. The summed E-state index contributed by atoms with van der Waals surface area (Å²) in [6.07, 6.45) is 6.05. The molecule has 0 aromatic heterocycles. The van der Waals surface area contributed by atoms with Gasteiger partial charge in [-0.15, -0.1) is 0 Å². The van der Waals surface area contributed by atoms with Crippen LogP contribution in [0.2, 0.25) is 0 Å². The number of piperidine rings is 1. The van der Waals surface area contributed by atoms with Crippen LogP contribution in [0, 0.1) is 23.7 Å². The van der Waals surface area contributed by atoms with Gasteiger partial charge in [-0.2, -0.15) is 0 Å². The second-order valence-electron chi connectivity index (χ2n) is 6.75. The minimum Gasteiger partial charge on any atom is -0.303 e. The van der Waals surface area contributed by atoms with E-state index >= 15 is 0 Å². The molecule has 0 aromatic rings. The highest BCUT2D eigenvalue weighted by atomic mass is 16.1. The Morgan fingerprint density at radius 3 is 2.44 bits per heavy atom. The zero-order valence-electron chi connectivity index (χ0n) is 12.3. The Morgan fingerprint density at radius 2 is 1.89 bits per heavy atom. The standard InChI is InChI=1S/C16H29NO/c1-4-14-5-7-17(8-6-14)11-15-13(3)9-12(2)10-16(15)18/h12-15H,4-11H2,1-3H3. The molecule has 2 heteroatoms. The monoisotopic (exact) mass is 251 g/mol. The normalized spacial score (nSPS) is 35.9. The average molecular weight is 251 g/mol. The van der Waals surface area contributed by atoms with Crippen molar-refractivity contribution in [3.63, 3.8) is 0 Å². The highest BCUT2D eigenvalue weighted by molar-refractivity contribution is 5.82. The molecule has 0 amide bonds. The number of nitrogens with zero attached hydrogens (tertiary/aromatic N) is 1. The van der Waals surface area contributed by atoms with Gasteiger partial charge in [-0.05, 0) is 50.1 Å². The van der Waals surface area contributed by atoms with Crippen molar-refractivity contribution in [2.24, 2.45) is 23.7 Å². The summed E-state index contributed by atoms with van der Waals surface area (Å²) in [7, 11) is 0. The Balaban J connectivity index is 1.84. The van der Waals surface area contributed by atoms with Gasteiger partial charge in [-0.3, -0.25) is 4.79 Å². The highest BCUT2D eigenvalue weighted by Gasteiger charge is 2.34. The average Bonchev–Trinajstić information content (AvgIpc) is 2.34. The van der Waals surface area contributed by atoms with E-state index in [1.54, 1.807) is 0 Å². The summed E-state index contributed by atoms with van der Waals surface area (Å²) in [6.45, 7) is 10.3. The van der Waals surface area contributed by atoms with Gasteiger partial charge in [0.05, 0.1) is 0 Å². The van der Waals surface area contributed by atoms with Gasteiger partial charge in [0.2, 0.25) is 0 Å². The van der Waals surface area contributed by atoms with Gasteiger partial charge in [0.15, 0.2) is 0 Å². The molecule has 1 aliphatic carbocycles. The van der Waals surface area contributed by atoms with Crippen LogP contribution >= 0.6 is 0 Å². The topological polar surface area (TPSA) is 20.3 Å². The largest absolute Gasteiger partial charge is 0.303 e. The molecule has 0 bridgehead atoms. The fourth-order valence-corrected chi connectivity index (χ4v) is 3.83. The van der Waals surface area contributed by atoms with E-state index in [-0.39, 0.29) is 0 Å². The first-order valence-corrected chi connectivity index (χ1v) is 7.85. The number of likely N-dealkylation sites (tertiary alicyclic amines) is 1. The second-order valence-corrected chi connectivity index (χ2v) is 6.75.